The Bertz CT molecular complexity index is 635. The van der Waals surface area contributed by atoms with Crippen molar-refractivity contribution in [3.8, 4) is 17.2 Å². The van der Waals surface area contributed by atoms with Gasteiger partial charge in [0, 0.05) is 5.56 Å². The maximum absolute atomic E-state index is 10.7. The van der Waals surface area contributed by atoms with Crippen LogP contribution in [0.25, 0.3) is 0 Å². The van der Waals surface area contributed by atoms with Crippen LogP contribution >= 0.6 is 24.0 Å². The first-order valence-corrected chi connectivity index (χ1v) is 13.9. The number of rotatable bonds is 13. The highest BCUT2D eigenvalue weighted by atomic mass is 127. The van der Waals surface area contributed by atoms with E-state index in [0.29, 0.717) is 12.4 Å². The smallest absolute Gasteiger partial charge is 0.203 e. The van der Waals surface area contributed by atoms with Gasteiger partial charge in [-0.05, 0) is 18.6 Å². The van der Waals surface area contributed by atoms with Crippen LogP contribution < -0.4 is 19.3 Å². The summed E-state index contributed by atoms with van der Waals surface area (Å²) >= 11 is 0. The molecule has 1 aromatic carbocycles. The number of carbonyl (C=O) groups is 1. The van der Waals surface area contributed by atoms with Gasteiger partial charge in [0.15, 0.2) is 11.5 Å². The minimum atomic E-state index is -1.30. The predicted molar refractivity (Wildman–Crippen MR) is 141 cm³/mol. The molecule has 0 unspecified atom stereocenters. The number of carbonyl (C=O) groups excluding carboxylic acids is 1. The molecule has 0 atom stereocenters. The third kappa shape index (κ3) is 10.7. The lowest BCUT2D eigenvalue weighted by atomic mass is 10.2. The Balaban J connectivity index is 0. The molecule has 0 aliphatic rings. The van der Waals surface area contributed by atoms with E-state index in [1.165, 1.54) is 70.6 Å². The van der Waals surface area contributed by atoms with Crippen molar-refractivity contribution < 1.29 is 33.7 Å². The number of methoxy groups -OCH3 is 3. The maximum atomic E-state index is 10.7. The summed E-state index contributed by atoms with van der Waals surface area (Å²) in [5.74, 6) is -0.369. The molecule has 1 rings (SSSR count). The van der Waals surface area contributed by atoms with Crippen molar-refractivity contribution in [2.75, 3.05) is 55.1 Å². The Morgan fingerprint density at radius 2 is 1.44 bits per heavy atom. The molecule has 0 saturated heterocycles. The molecular formula is C23H44INO6Si. The molecule has 0 spiro atoms. The van der Waals surface area contributed by atoms with Gasteiger partial charge in [-0.25, -0.2) is 0 Å². The predicted octanol–water partition coefficient (Wildman–Crippen LogP) is 3.65. The van der Waals surface area contributed by atoms with Gasteiger partial charge in [-0.1, -0.05) is 44.9 Å². The molecule has 0 aliphatic heterocycles. The van der Waals surface area contributed by atoms with Crippen LogP contribution in [0.15, 0.2) is 12.1 Å². The van der Waals surface area contributed by atoms with Gasteiger partial charge in [0.05, 0.1) is 62.6 Å². The summed E-state index contributed by atoms with van der Waals surface area (Å²) in [6, 6.07) is 8.42. The van der Waals surface area contributed by atoms with E-state index in [-0.39, 0.29) is 41.0 Å². The van der Waals surface area contributed by atoms with Crippen molar-refractivity contribution >= 4 is 38.0 Å². The summed E-state index contributed by atoms with van der Waals surface area (Å²) in [5, 5.41) is 19.7. The van der Waals surface area contributed by atoms with E-state index in [0.717, 1.165) is 11.0 Å². The molecule has 7 nitrogen and oxygen atoms in total. The van der Waals surface area contributed by atoms with Crippen molar-refractivity contribution in [1.29, 1.82) is 0 Å². The molecule has 0 amide bonds. The van der Waals surface area contributed by atoms with Gasteiger partial charge in [0.1, 0.15) is 6.54 Å². The first-order chi connectivity index (χ1) is 14.6. The topological polar surface area (TPSA) is 88.1 Å². The van der Waals surface area contributed by atoms with Gasteiger partial charge in [0.2, 0.25) is 5.75 Å². The van der Waals surface area contributed by atoms with Crippen LogP contribution in [0, 0.1) is 0 Å². The van der Waals surface area contributed by atoms with Crippen molar-refractivity contribution in [2.45, 2.75) is 51.4 Å². The number of carboxylic acid groups (broad SMARTS) is 1. The van der Waals surface area contributed by atoms with Crippen molar-refractivity contribution in [2.24, 2.45) is 0 Å². The fourth-order valence-corrected chi connectivity index (χ4v) is 7.21. The number of benzene rings is 1. The van der Waals surface area contributed by atoms with Crippen LogP contribution in [0.5, 0.6) is 17.2 Å². The lowest BCUT2D eigenvalue weighted by Gasteiger charge is -2.32. The van der Waals surface area contributed by atoms with Gasteiger partial charge in [-0.3, -0.25) is 0 Å². The molecule has 0 fully saturated rings. The second-order valence-electron chi connectivity index (χ2n) is 8.47. The van der Waals surface area contributed by atoms with Crippen LogP contribution in [0.2, 0.25) is 24.2 Å². The van der Waals surface area contributed by atoms with Crippen LogP contribution in [0.1, 0.15) is 37.6 Å². The lowest BCUT2D eigenvalue weighted by Crippen LogP contribution is -2.43. The second kappa shape index (κ2) is 16.6. The monoisotopic (exact) mass is 585 g/mol. The third-order valence-corrected chi connectivity index (χ3v) is 12.2. The average Bonchev–Trinajstić information content (AvgIpc) is 2.76. The summed E-state index contributed by atoms with van der Waals surface area (Å²) in [4.78, 5) is 10.7. The molecule has 0 aliphatic carbocycles. The summed E-state index contributed by atoms with van der Waals surface area (Å²) in [5.41, 5.74) is -0.0236. The van der Waals surface area contributed by atoms with Crippen LogP contribution in [0.4, 0.5) is 0 Å². The summed E-state index contributed by atoms with van der Waals surface area (Å²) in [6.07, 6.45) is 1.34. The van der Waals surface area contributed by atoms with Crippen LogP contribution in [-0.4, -0.2) is 78.8 Å². The highest BCUT2D eigenvalue weighted by Gasteiger charge is 2.27. The minimum absolute atomic E-state index is 0. The number of aromatic carboxylic acids is 1. The molecular weight excluding hydrogens is 541 g/mol. The zero-order chi connectivity index (χ0) is 24.1. The van der Waals surface area contributed by atoms with E-state index in [1.807, 2.05) is 0 Å². The van der Waals surface area contributed by atoms with Crippen molar-refractivity contribution in [1.82, 2.24) is 0 Å². The average molecular weight is 586 g/mol. The molecule has 0 radical (unpaired) electrons. The zero-order valence-electron chi connectivity index (χ0n) is 21.2. The zero-order valence-corrected chi connectivity index (χ0v) is 24.5. The molecule has 9 heteroatoms. The van der Waals surface area contributed by atoms with Crippen LogP contribution in [-0.2, 0) is 0 Å². The van der Waals surface area contributed by atoms with Gasteiger partial charge < -0.3 is 33.7 Å². The summed E-state index contributed by atoms with van der Waals surface area (Å²) < 4.78 is 15.9. The number of halogens is 1. The number of hydrogen-bond donors (Lipinski definition) is 1. The van der Waals surface area contributed by atoms with Crippen LogP contribution in [0.3, 0.4) is 0 Å². The Morgan fingerprint density at radius 3 is 1.75 bits per heavy atom. The molecule has 1 aromatic rings. The number of aliphatic hydroxyl groups is 1. The summed E-state index contributed by atoms with van der Waals surface area (Å²) in [7, 11) is 7.81. The lowest BCUT2D eigenvalue weighted by molar-refractivity contribution is -0.890. The number of nitrogens with zero attached hydrogens (tertiary/aromatic N) is 1. The Hall–Kier alpha value is -1.04. The number of carboxylic acids is 1. The van der Waals surface area contributed by atoms with E-state index in [4.69, 9.17) is 19.3 Å². The molecule has 0 saturated carbocycles. The van der Waals surface area contributed by atoms with E-state index in [9.17, 15) is 9.90 Å². The summed E-state index contributed by atoms with van der Waals surface area (Å²) in [6.45, 7) is 9.56. The number of ether oxygens (including phenoxy) is 3. The minimum Gasteiger partial charge on any atom is -0.545 e. The largest absolute Gasteiger partial charge is 0.545 e. The standard InChI is InChI=1S/C13H32NOSi.C10H12O5.HI/c1-6-16(7-2,8-3)13-9-10-14(4,5)11-12-15;1-13-7-4-6(10(11)12)5-8(14-2)9(7)15-3;/h15H,6-13H2,1-5H3;4-5H,1-3H3,(H,11,12);1H/q+1;;/p-1. The highest BCUT2D eigenvalue weighted by Crippen LogP contribution is 2.37. The van der Waals surface area contributed by atoms with E-state index >= 15 is 0 Å². The molecule has 0 bridgehead atoms. The van der Waals surface area contributed by atoms with Crippen molar-refractivity contribution in [3.05, 3.63) is 17.7 Å². The molecule has 32 heavy (non-hydrogen) atoms. The van der Waals surface area contributed by atoms with E-state index < -0.39 is 14.0 Å². The fourth-order valence-electron chi connectivity index (χ4n) is 3.74. The maximum Gasteiger partial charge on any atom is 0.203 e. The van der Waals surface area contributed by atoms with Gasteiger partial charge in [-0.15, -0.1) is 24.0 Å². The number of hydrogen-bond acceptors (Lipinski definition) is 6. The first-order valence-electron chi connectivity index (χ1n) is 11.0. The number of quaternary nitrogens is 1. The van der Waals surface area contributed by atoms with E-state index in [2.05, 4.69) is 34.9 Å². The highest BCUT2D eigenvalue weighted by molar-refractivity contribution is 14.0. The van der Waals surface area contributed by atoms with E-state index in [1.54, 1.807) is 0 Å². The number of likely N-dealkylation sites (N-methyl/N-ethyl adjacent to an activating group) is 1. The Morgan fingerprint density at radius 1 is 0.969 bits per heavy atom. The van der Waals surface area contributed by atoms with Gasteiger partial charge in [-0.2, -0.15) is 0 Å². The molecule has 0 aromatic heterocycles. The fraction of sp³-hybridized carbons (Fsp3) is 0.696. The second-order valence-corrected chi connectivity index (χ2v) is 14.1. The number of aliphatic hydroxyl groups excluding tert-OH is 1. The first kappa shape index (κ1) is 33.1. The molecule has 188 valence electrons. The Kier molecular flexibility index (Phi) is 17.1. The molecule has 0 heterocycles. The van der Waals surface area contributed by atoms with Gasteiger partial charge >= 0.3 is 0 Å². The van der Waals surface area contributed by atoms with Gasteiger partial charge in [0.25, 0.3) is 0 Å². The quantitative estimate of drug-likeness (QED) is 0.216. The van der Waals surface area contributed by atoms with Crippen molar-refractivity contribution in [3.63, 3.8) is 0 Å². The SMILES string of the molecule is CC[Si](CC)(CC)CCC[N+](C)(C)CCO.COc1cc(C(=O)[O-])cc(OC)c1OC.I. The normalized spacial score (nSPS) is 11.0. The third-order valence-electron chi connectivity index (χ3n) is 6.33. The Labute approximate surface area is 212 Å². The molecule has 1 N–H and O–H groups in total.